The summed E-state index contributed by atoms with van der Waals surface area (Å²) >= 11 is 0. The zero-order chi connectivity index (χ0) is 13.8. The zero-order valence-corrected chi connectivity index (χ0v) is 10.6. The zero-order valence-electron chi connectivity index (χ0n) is 10.6. The van der Waals surface area contributed by atoms with E-state index < -0.39 is 11.6 Å². The number of benzene rings is 2. The van der Waals surface area contributed by atoms with E-state index in [9.17, 15) is 8.78 Å². The highest BCUT2D eigenvalue weighted by molar-refractivity contribution is 5.47. The molecule has 4 heteroatoms. The number of hydrogen-bond donors (Lipinski definition) is 2. The van der Waals surface area contributed by atoms with E-state index in [1.807, 2.05) is 12.1 Å². The second-order valence-electron chi connectivity index (χ2n) is 4.41. The second kappa shape index (κ2) is 5.80. The van der Waals surface area contributed by atoms with Gasteiger partial charge in [0.2, 0.25) is 0 Å². The van der Waals surface area contributed by atoms with E-state index in [0.29, 0.717) is 6.54 Å². The molecule has 0 unspecified atom stereocenters. The Morgan fingerprint density at radius 1 is 1.00 bits per heavy atom. The minimum Gasteiger partial charge on any atom is -0.392 e. The van der Waals surface area contributed by atoms with Gasteiger partial charge < -0.3 is 10.4 Å². The molecule has 0 heterocycles. The van der Waals surface area contributed by atoms with Gasteiger partial charge >= 0.3 is 0 Å². The van der Waals surface area contributed by atoms with Gasteiger partial charge in [-0.25, -0.2) is 8.78 Å². The molecule has 2 rings (SSSR count). The molecule has 0 spiro atoms. The molecule has 0 bridgehead atoms. The van der Waals surface area contributed by atoms with Gasteiger partial charge in [-0.2, -0.15) is 0 Å². The lowest BCUT2D eigenvalue weighted by molar-refractivity contribution is 0.282. The summed E-state index contributed by atoms with van der Waals surface area (Å²) in [6.45, 7) is 1.91. The van der Waals surface area contributed by atoms with E-state index >= 15 is 0 Å². The molecule has 19 heavy (non-hydrogen) atoms. The smallest absolute Gasteiger partial charge is 0.146 e. The highest BCUT2D eigenvalue weighted by Crippen LogP contribution is 2.19. The summed E-state index contributed by atoms with van der Waals surface area (Å²) in [5.41, 5.74) is 2.18. The third-order valence-electron chi connectivity index (χ3n) is 2.94. The summed E-state index contributed by atoms with van der Waals surface area (Å²) < 4.78 is 26.9. The van der Waals surface area contributed by atoms with Gasteiger partial charge in [-0.1, -0.05) is 24.3 Å². The monoisotopic (exact) mass is 263 g/mol. The van der Waals surface area contributed by atoms with Crippen LogP contribution >= 0.6 is 0 Å². The Bertz CT molecular complexity index is 567. The summed E-state index contributed by atoms with van der Waals surface area (Å²) in [5, 5.41) is 11.8. The lowest BCUT2D eigenvalue weighted by Crippen LogP contribution is -2.03. The van der Waals surface area contributed by atoms with Gasteiger partial charge in [-0.15, -0.1) is 0 Å². The third-order valence-corrected chi connectivity index (χ3v) is 2.94. The van der Waals surface area contributed by atoms with Crippen molar-refractivity contribution in [1.29, 1.82) is 0 Å². The molecule has 0 amide bonds. The number of halogens is 2. The van der Waals surface area contributed by atoms with Crippen molar-refractivity contribution in [2.75, 3.05) is 5.32 Å². The van der Waals surface area contributed by atoms with Crippen molar-refractivity contribution in [2.24, 2.45) is 0 Å². The Hall–Kier alpha value is -1.94. The predicted octanol–water partition coefficient (Wildman–Crippen LogP) is 3.38. The van der Waals surface area contributed by atoms with Gasteiger partial charge in [-0.3, -0.25) is 0 Å². The topological polar surface area (TPSA) is 32.3 Å². The maximum absolute atomic E-state index is 13.6. The number of anilines is 1. The summed E-state index contributed by atoms with van der Waals surface area (Å²) in [6.07, 6.45) is 0. The average molecular weight is 263 g/mol. The third kappa shape index (κ3) is 3.29. The minimum absolute atomic E-state index is 0.00842. The summed E-state index contributed by atoms with van der Waals surface area (Å²) in [6, 6.07) is 9.59. The molecule has 0 saturated heterocycles. The first-order valence-corrected chi connectivity index (χ1v) is 5.98. The quantitative estimate of drug-likeness (QED) is 0.886. The van der Waals surface area contributed by atoms with Crippen molar-refractivity contribution in [2.45, 2.75) is 20.1 Å². The normalized spacial score (nSPS) is 10.5. The van der Waals surface area contributed by atoms with Gasteiger partial charge in [0.1, 0.15) is 11.6 Å². The van der Waals surface area contributed by atoms with Crippen molar-refractivity contribution >= 4 is 5.69 Å². The molecule has 0 aliphatic rings. The lowest BCUT2D eigenvalue weighted by atomic mass is 10.1. The summed E-state index contributed by atoms with van der Waals surface area (Å²) in [5.74, 6) is -0.898. The standard InChI is InChI=1S/C15H15F2NO/c1-10-6-14(17)15(7-13(10)16)18-8-11-2-4-12(9-19)5-3-11/h2-7,18-19H,8-9H2,1H3. The maximum atomic E-state index is 13.6. The molecule has 0 aromatic heterocycles. The number of hydrogen-bond acceptors (Lipinski definition) is 2. The molecule has 0 saturated carbocycles. The number of aliphatic hydroxyl groups excluding tert-OH is 1. The lowest BCUT2D eigenvalue weighted by Gasteiger charge is -2.09. The molecule has 2 N–H and O–H groups in total. The van der Waals surface area contributed by atoms with Gasteiger partial charge in [0.15, 0.2) is 0 Å². The molecule has 2 aromatic carbocycles. The summed E-state index contributed by atoms with van der Waals surface area (Å²) in [7, 11) is 0. The fourth-order valence-corrected chi connectivity index (χ4v) is 1.74. The van der Waals surface area contributed by atoms with Crippen LogP contribution in [0.3, 0.4) is 0 Å². The molecule has 0 radical (unpaired) electrons. The molecule has 0 aliphatic carbocycles. The maximum Gasteiger partial charge on any atom is 0.146 e. The largest absolute Gasteiger partial charge is 0.392 e. The second-order valence-corrected chi connectivity index (χ2v) is 4.41. The van der Waals surface area contributed by atoms with Crippen molar-refractivity contribution < 1.29 is 13.9 Å². The molecule has 0 fully saturated rings. The van der Waals surface area contributed by atoms with Gasteiger partial charge in [0.25, 0.3) is 0 Å². The summed E-state index contributed by atoms with van der Waals surface area (Å²) in [4.78, 5) is 0. The van der Waals surface area contributed by atoms with E-state index in [2.05, 4.69) is 5.32 Å². The first-order chi connectivity index (χ1) is 9.10. The first-order valence-electron chi connectivity index (χ1n) is 5.98. The molecule has 100 valence electrons. The van der Waals surface area contributed by atoms with E-state index in [1.165, 1.54) is 13.0 Å². The van der Waals surface area contributed by atoms with E-state index in [4.69, 9.17) is 5.11 Å². The molecular formula is C15H15F2NO. The highest BCUT2D eigenvalue weighted by Gasteiger charge is 2.06. The number of aryl methyl sites for hydroxylation is 1. The van der Waals surface area contributed by atoms with Gasteiger partial charge in [-0.05, 0) is 29.7 Å². The van der Waals surface area contributed by atoms with E-state index in [1.54, 1.807) is 12.1 Å². The van der Waals surface area contributed by atoms with Crippen LogP contribution < -0.4 is 5.32 Å². The fraction of sp³-hybridized carbons (Fsp3) is 0.200. The van der Waals surface area contributed by atoms with Crippen LogP contribution in [0.1, 0.15) is 16.7 Å². The Morgan fingerprint density at radius 2 is 1.63 bits per heavy atom. The van der Waals surface area contributed by atoms with Crippen LogP contribution in [-0.2, 0) is 13.2 Å². The van der Waals surface area contributed by atoms with Crippen LogP contribution in [0.4, 0.5) is 14.5 Å². The van der Waals surface area contributed by atoms with Crippen LogP contribution in [-0.4, -0.2) is 5.11 Å². The van der Waals surface area contributed by atoms with Crippen LogP contribution in [0.25, 0.3) is 0 Å². The Balaban J connectivity index is 2.07. The molecule has 2 nitrogen and oxygen atoms in total. The van der Waals surface area contributed by atoms with Crippen molar-refractivity contribution in [1.82, 2.24) is 0 Å². The van der Waals surface area contributed by atoms with Crippen LogP contribution in [0.5, 0.6) is 0 Å². The Labute approximate surface area is 110 Å². The minimum atomic E-state index is -0.467. The number of aliphatic hydroxyl groups is 1. The SMILES string of the molecule is Cc1cc(F)c(NCc2ccc(CO)cc2)cc1F. The molecule has 0 atom stereocenters. The number of nitrogens with one attached hydrogen (secondary N) is 1. The van der Waals surface area contributed by atoms with Gasteiger partial charge in [0.05, 0.1) is 12.3 Å². The van der Waals surface area contributed by atoms with Crippen LogP contribution in [0, 0.1) is 18.6 Å². The molecular weight excluding hydrogens is 248 g/mol. The van der Waals surface area contributed by atoms with E-state index in [0.717, 1.165) is 17.2 Å². The Kier molecular flexibility index (Phi) is 4.12. The fourth-order valence-electron chi connectivity index (χ4n) is 1.74. The highest BCUT2D eigenvalue weighted by atomic mass is 19.1. The molecule has 0 aliphatic heterocycles. The Morgan fingerprint density at radius 3 is 2.26 bits per heavy atom. The van der Waals surface area contributed by atoms with Crippen LogP contribution in [0.15, 0.2) is 36.4 Å². The van der Waals surface area contributed by atoms with Crippen molar-refractivity contribution in [3.05, 3.63) is 64.7 Å². The average Bonchev–Trinajstić information content (AvgIpc) is 2.42. The molecule has 2 aromatic rings. The van der Waals surface area contributed by atoms with Crippen LogP contribution in [0.2, 0.25) is 0 Å². The van der Waals surface area contributed by atoms with Crippen molar-refractivity contribution in [3.8, 4) is 0 Å². The first kappa shape index (κ1) is 13.5. The predicted molar refractivity (Wildman–Crippen MR) is 70.8 cm³/mol. The number of rotatable bonds is 4. The van der Waals surface area contributed by atoms with E-state index in [-0.39, 0.29) is 17.9 Å². The van der Waals surface area contributed by atoms with Crippen molar-refractivity contribution in [3.63, 3.8) is 0 Å². The van der Waals surface area contributed by atoms with Gasteiger partial charge in [0, 0.05) is 12.6 Å².